The Labute approximate surface area is 166 Å². The fourth-order valence-corrected chi connectivity index (χ4v) is 4.19. The van der Waals surface area contributed by atoms with Gasteiger partial charge in [-0.1, -0.05) is 56.0 Å². The zero-order valence-corrected chi connectivity index (χ0v) is 16.2. The number of hydrogen-bond donors (Lipinski definition) is 1. The van der Waals surface area contributed by atoms with Gasteiger partial charge in [-0.3, -0.25) is 9.59 Å². The van der Waals surface area contributed by atoms with Gasteiger partial charge in [-0.05, 0) is 42.5 Å². The second-order valence-electron chi connectivity index (χ2n) is 7.82. The van der Waals surface area contributed by atoms with Crippen molar-refractivity contribution >= 4 is 11.8 Å². The third-order valence-corrected chi connectivity index (χ3v) is 5.81. The van der Waals surface area contributed by atoms with E-state index in [1.165, 1.54) is 24.0 Å². The number of hydrogen-bond acceptors (Lipinski definition) is 3. The summed E-state index contributed by atoms with van der Waals surface area (Å²) in [7, 11) is 0. The number of carbonyl (C=O) groups excluding carboxylic acids is 2. The SMILES string of the molecule is O=C(NC1CCCCCC1)c1cccc(C(=O)N2CCc3ccccc3C2)n1. The second-order valence-corrected chi connectivity index (χ2v) is 7.82. The molecule has 1 aliphatic carbocycles. The summed E-state index contributed by atoms with van der Waals surface area (Å²) in [5.74, 6) is -0.288. The highest BCUT2D eigenvalue weighted by Crippen LogP contribution is 2.20. The van der Waals surface area contributed by atoms with Crippen LogP contribution in [0.5, 0.6) is 0 Å². The van der Waals surface area contributed by atoms with Crippen LogP contribution in [0.25, 0.3) is 0 Å². The number of benzene rings is 1. The van der Waals surface area contributed by atoms with Crippen LogP contribution in [-0.4, -0.2) is 34.3 Å². The van der Waals surface area contributed by atoms with Crippen molar-refractivity contribution in [1.29, 1.82) is 0 Å². The maximum Gasteiger partial charge on any atom is 0.272 e. The van der Waals surface area contributed by atoms with E-state index in [1.54, 1.807) is 18.2 Å². The van der Waals surface area contributed by atoms with Crippen LogP contribution in [0.2, 0.25) is 0 Å². The highest BCUT2D eigenvalue weighted by molar-refractivity contribution is 5.96. The predicted molar refractivity (Wildman–Crippen MR) is 108 cm³/mol. The maximum atomic E-state index is 13.0. The van der Waals surface area contributed by atoms with E-state index in [-0.39, 0.29) is 17.9 Å². The van der Waals surface area contributed by atoms with Crippen molar-refractivity contribution in [1.82, 2.24) is 15.2 Å². The van der Waals surface area contributed by atoms with E-state index in [2.05, 4.69) is 22.4 Å². The van der Waals surface area contributed by atoms with Gasteiger partial charge in [-0.15, -0.1) is 0 Å². The fraction of sp³-hybridized carbons (Fsp3) is 0.435. The first-order chi connectivity index (χ1) is 13.7. The van der Waals surface area contributed by atoms with Crippen molar-refractivity contribution in [2.45, 2.75) is 57.5 Å². The topological polar surface area (TPSA) is 62.3 Å². The molecule has 0 radical (unpaired) electrons. The lowest BCUT2D eigenvalue weighted by molar-refractivity contribution is 0.0728. The van der Waals surface area contributed by atoms with E-state index in [0.29, 0.717) is 24.5 Å². The van der Waals surface area contributed by atoms with E-state index in [4.69, 9.17) is 0 Å². The lowest BCUT2D eigenvalue weighted by Gasteiger charge is -2.28. The third-order valence-electron chi connectivity index (χ3n) is 5.81. The minimum Gasteiger partial charge on any atom is -0.348 e. The van der Waals surface area contributed by atoms with E-state index < -0.39 is 0 Å². The molecule has 1 fully saturated rings. The van der Waals surface area contributed by atoms with Gasteiger partial charge in [0, 0.05) is 19.1 Å². The minimum atomic E-state index is -0.175. The van der Waals surface area contributed by atoms with Crippen LogP contribution in [0.4, 0.5) is 0 Å². The van der Waals surface area contributed by atoms with Gasteiger partial charge in [0.15, 0.2) is 0 Å². The zero-order valence-electron chi connectivity index (χ0n) is 16.2. The zero-order chi connectivity index (χ0) is 19.3. The first-order valence-electron chi connectivity index (χ1n) is 10.3. The molecule has 0 bridgehead atoms. The van der Waals surface area contributed by atoms with Crippen molar-refractivity contribution in [2.75, 3.05) is 6.54 Å². The lowest BCUT2D eigenvalue weighted by Crippen LogP contribution is -2.37. The van der Waals surface area contributed by atoms with Gasteiger partial charge in [0.05, 0.1) is 0 Å². The number of aromatic nitrogens is 1. The van der Waals surface area contributed by atoms with E-state index in [9.17, 15) is 9.59 Å². The Bertz CT molecular complexity index is 856. The van der Waals surface area contributed by atoms with Gasteiger partial charge in [-0.2, -0.15) is 0 Å². The van der Waals surface area contributed by atoms with Crippen LogP contribution in [0.3, 0.4) is 0 Å². The quantitative estimate of drug-likeness (QED) is 0.829. The van der Waals surface area contributed by atoms with Crippen LogP contribution in [0, 0.1) is 0 Å². The molecule has 0 atom stereocenters. The summed E-state index contributed by atoms with van der Waals surface area (Å²) in [5.41, 5.74) is 3.15. The van der Waals surface area contributed by atoms with Gasteiger partial charge in [0.25, 0.3) is 11.8 Å². The average molecular weight is 377 g/mol. The maximum absolute atomic E-state index is 13.0. The van der Waals surface area contributed by atoms with Crippen molar-refractivity contribution in [3.8, 4) is 0 Å². The molecule has 2 amide bonds. The fourth-order valence-electron chi connectivity index (χ4n) is 4.19. The first kappa shape index (κ1) is 18.7. The van der Waals surface area contributed by atoms with Crippen LogP contribution in [-0.2, 0) is 13.0 Å². The lowest BCUT2D eigenvalue weighted by atomic mass is 10.00. The molecule has 0 saturated heterocycles. The highest BCUT2D eigenvalue weighted by atomic mass is 16.2. The van der Waals surface area contributed by atoms with Crippen molar-refractivity contribution in [3.05, 3.63) is 65.0 Å². The smallest absolute Gasteiger partial charge is 0.272 e. The molecule has 4 rings (SSSR count). The largest absolute Gasteiger partial charge is 0.348 e. The Balaban J connectivity index is 1.44. The molecule has 1 N–H and O–H groups in total. The molecular formula is C23H27N3O2. The number of nitrogens with one attached hydrogen (secondary N) is 1. The standard InChI is InChI=1S/C23H27N3O2/c27-22(24-19-10-3-1-2-4-11-19)20-12-7-13-21(25-20)23(28)26-15-14-17-8-5-6-9-18(17)16-26/h5-9,12-13,19H,1-4,10-11,14-16H2,(H,24,27). The van der Waals surface area contributed by atoms with E-state index in [0.717, 1.165) is 32.1 Å². The molecule has 0 unspecified atom stereocenters. The Kier molecular flexibility index (Phi) is 5.70. The summed E-state index contributed by atoms with van der Waals surface area (Å²) in [4.78, 5) is 31.8. The molecule has 1 aliphatic heterocycles. The normalized spacial score (nSPS) is 17.5. The Morgan fingerprint density at radius 2 is 1.61 bits per heavy atom. The summed E-state index contributed by atoms with van der Waals surface area (Å²) in [6, 6.07) is 13.6. The predicted octanol–water partition coefficient (Wildman–Crippen LogP) is 3.73. The molecule has 1 aromatic carbocycles. The molecule has 2 aliphatic rings. The Morgan fingerprint density at radius 3 is 2.39 bits per heavy atom. The molecule has 28 heavy (non-hydrogen) atoms. The van der Waals surface area contributed by atoms with E-state index >= 15 is 0 Å². The molecule has 146 valence electrons. The summed E-state index contributed by atoms with van der Waals surface area (Å²) in [5, 5.41) is 3.11. The molecule has 0 spiro atoms. The molecule has 2 aromatic rings. The summed E-state index contributed by atoms with van der Waals surface area (Å²) in [6.45, 7) is 1.27. The third kappa shape index (κ3) is 4.24. The molecule has 1 aromatic heterocycles. The Morgan fingerprint density at radius 1 is 0.893 bits per heavy atom. The molecule has 2 heterocycles. The number of nitrogens with zero attached hydrogens (tertiary/aromatic N) is 2. The van der Waals surface area contributed by atoms with Gasteiger partial charge >= 0.3 is 0 Å². The number of amides is 2. The van der Waals surface area contributed by atoms with Crippen LogP contribution >= 0.6 is 0 Å². The molecule has 5 heteroatoms. The van der Waals surface area contributed by atoms with Crippen molar-refractivity contribution in [3.63, 3.8) is 0 Å². The molecule has 1 saturated carbocycles. The van der Waals surface area contributed by atoms with Gasteiger partial charge in [0.1, 0.15) is 11.4 Å². The number of rotatable bonds is 3. The monoisotopic (exact) mass is 377 g/mol. The van der Waals surface area contributed by atoms with E-state index in [1.807, 2.05) is 17.0 Å². The van der Waals surface area contributed by atoms with Gasteiger partial charge in [-0.25, -0.2) is 4.98 Å². The van der Waals surface area contributed by atoms with Crippen LogP contribution < -0.4 is 5.32 Å². The van der Waals surface area contributed by atoms with Crippen LogP contribution in [0.1, 0.15) is 70.6 Å². The number of carbonyl (C=O) groups is 2. The van der Waals surface area contributed by atoms with Gasteiger partial charge < -0.3 is 10.2 Å². The summed E-state index contributed by atoms with van der Waals surface area (Å²) < 4.78 is 0. The average Bonchev–Trinajstić information content (AvgIpc) is 3.01. The molecular weight excluding hydrogens is 350 g/mol. The second kappa shape index (κ2) is 8.55. The Hall–Kier alpha value is -2.69. The van der Waals surface area contributed by atoms with Gasteiger partial charge in [0.2, 0.25) is 0 Å². The number of pyridine rings is 1. The minimum absolute atomic E-state index is 0.112. The first-order valence-corrected chi connectivity index (χ1v) is 10.3. The van der Waals surface area contributed by atoms with Crippen molar-refractivity contribution in [2.24, 2.45) is 0 Å². The molecule has 5 nitrogen and oxygen atoms in total. The summed E-state index contributed by atoms with van der Waals surface area (Å²) >= 11 is 0. The summed E-state index contributed by atoms with van der Waals surface area (Å²) in [6.07, 6.45) is 7.71. The highest BCUT2D eigenvalue weighted by Gasteiger charge is 2.23. The number of fused-ring (bicyclic) bond motifs is 1. The van der Waals surface area contributed by atoms with Crippen molar-refractivity contribution < 1.29 is 9.59 Å². The van der Waals surface area contributed by atoms with Crippen LogP contribution in [0.15, 0.2) is 42.5 Å².